The number of rotatable bonds is 4. The van der Waals surface area contributed by atoms with Crippen LogP contribution in [0.1, 0.15) is 21.7 Å². The minimum atomic E-state index is -2.90. The Balaban J connectivity index is 1.95. The molecule has 9 heteroatoms. The molecule has 3 heterocycles. The zero-order valence-corrected chi connectivity index (χ0v) is 15.8. The number of benzene rings is 1. The van der Waals surface area contributed by atoms with Crippen LogP contribution >= 0.6 is 0 Å². The molecule has 0 unspecified atom stereocenters. The van der Waals surface area contributed by atoms with E-state index in [1.807, 2.05) is 19.9 Å². The molecule has 29 heavy (non-hydrogen) atoms. The van der Waals surface area contributed by atoms with Crippen molar-refractivity contribution in [3.05, 3.63) is 53.3 Å². The number of hydrogen-bond acceptors (Lipinski definition) is 6. The summed E-state index contributed by atoms with van der Waals surface area (Å²) in [5.74, 6) is -0.554. The van der Waals surface area contributed by atoms with Gasteiger partial charge in [0.25, 0.3) is 0 Å². The van der Waals surface area contributed by atoms with Crippen molar-refractivity contribution < 1.29 is 23.0 Å². The molecule has 4 aromatic rings. The van der Waals surface area contributed by atoms with Gasteiger partial charge in [0.2, 0.25) is 0 Å². The molecule has 0 aliphatic rings. The molecule has 0 aliphatic carbocycles. The number of halogens is 2. The van der Waals surface area contributed by atoms with E-state index in [1.54, 1.807) is 12.1 Å². The molecule has 0 bridgehead atoms. The van der Waals surface area contributed by atoms with E-state index in [4.69, 9.17) is 4.74 Å². The number of esters is 1. The number of ether oxygens (including phenoxy) is 2. The van der Waals surface area contributed by atoms with Crippen LogP contribution in [-0.2, 0) is 4.74 Å². The minimum absolute atomic E-state index is 0.0309. The summed E-state index contributed by atoms with van der Waals surface area (Å²) < 4.78 is 35.4. The van der Waals surface area contributed by atoms with Crippen LogP contribution in [0, 0.1) is 13.8 Å². The van der Waals surface area contributed by atoms with Crippen molar-refractivity contribution in [2.45, 2.75) is 20.5 Å². The molecule has 1 aromatic carbocycles. The lowest BCUT2D eigenvalue weighted by Gasteiger charge is -2.08. The Morgan fingerprint density at radius 3 is 2.48 bits per heavy atom. The van der Waals surface area contributed by atoms with Crippen LogP contribution in [0.25, 0.3) is 27.9 Å². The fraction of sp³-hybridized carbons (Fsp3) is 0.200. The summed E-state index contributed by atoms with van der Waals surface area (Å²) in [6.45, 7) is 0.874. The maximum absolute atomic E-state index is 12.4. The molecule has 0 atom stereocenters. The molecule has 0 amide bonds. The summed E-state index contributed by atoms with van der Waals surface area (Å²) in [6.07, 6.45) is 0. The predicted octanol–water partition coefficient (Wildman–Crippen LogP) is 3.95. The number of methoxy groups -OCH3 is 1. The quantitative estimate of drug-likeness (QED) is 0.485. The van der Waals surface area contributed by atoms with Crippen molar-refractivity contribution in [3.8, 4) is 17.0 Å². The van der Waals surface area contributed by atoms with E-state index >= 15 is 0 Å². The average molecular weight is 398 g/mol. The topological polar surface area (TPSA) is 78.6 Å². The summed E-state index contributed by atoms with van der Waals surface area (Å²) in [5.41, 5.74) is 3.90. The van der Waals surface area contributed by atoms with Crippen molar-refractivity contribution in [2.75, 3.05) is 7.11 Å². The van der Waals surface area contributed by atoms with E-state index in [2.05, 4.69) is 19.8 Å². The Kier molecular flexibility index (Phi) is 4.57. The second-order valence-corrected chi connectivity index (χ2v) is 6.44. The SMILES string of the molecule is COC(=O)c1cc(-c2ccc(OC(F)F)cc2)nc2c3c(C)cc(C)nc3nn12. The van der Waals surface area contributed by atoms with Crippen molar-refractivity contribution in [1.29, 1.82) is 0 Å². The number of pyridine rings is 1. The van der Waals surface area contributed by atoms with Gasteiger partial charge in [0.15, 0.2) is 17.0 Å². The molecule has 148 valence electrons. The number of aromatic nitrogens is 4. The molecule has 3 aromatic heterocycles. The van der Waals surface area contributed by atoms with E-state index in [0.717, 1.165) is 16.6 Å². The first-order valence-corrected chi connectivity index (χ1v) is 8.68. The van der Waals surface area contributed by atoms with E-state index in [1.165, 1.54) is 29.8 Å². The Labute approximate surface area is 163 Å². The van der Waals surface area contributed by atoms with Crippen molar-refractivity contribution >= 4 is 22.6 Å². The van der Waals surface area contributed by atoms with E-state index in [9.17, 15) is 13.6 Å². The number of carbonyl (C=O) groups is 1. The first-order valence-electron chi connectivity index (χ1n) is 8.68. The van der Waals surface area contributed by atoms with Gasteiger partial charge in [-0.3, -0.25) is 0 Å². The molecular formula is C20H16F2N4O3. The van der Waals surface area contributed by atoms with Gasteiger partial charge < -0.3 is 9.47 Å². The van der Waals surface area contributed by atoms with Crippen LogP contribution in [0.5, 0.6) is 5.75 Å². The maximum Gasteiger partial charge on any atom is 0.387 e. The average Bonchev–Trinajstić information content (AvgIpc) is 3.05. The van der Waals surface area contributed by atoms with Gasteiger partial charge in [-0.2, -0.15) is 8.78 Å². The molecule has 0 saturated heterocycles. The summed E-state index contributed by atoms with van der Waals surface area (Å²) in [5, 5.41) is 5.15. The lowest BCUT2D eigenvalue weighted by Crippen LogP contribution is -2.10. The van der Waals surface area contributed by atoms with Crippen LogP contribution in [0.4, 0.5) is 8.78 Å². The van der Waals surface area contributed by atoms with Gasteiger partial charge in [0.05, 0.1) is 18.2 Å². The zero-order chi connectivity index (χ0) is 20.7. The molecule has 0 radical (unpaired) electrons. The fourth-order valence-corrected chi connectivity index (χ4v) is 3.23. The van der Waals surface area contributed by atoms with Crippen LogP contribution in [0.3, 0.4) is 0 Å². The van der Waals surface area contributed by atoms with Crippen LogP contribution in [0.15, 0.2) is 36.4 Å². The molecule has 0 aliphatic heterocycles. The Bertz CT molecular complexity index is 1240. The van der Waals surface area contributed by atoms with Crippen LogP contribution in [0.2, 0.25) is 0 Å². The third-order valence-electron chi connectivity index (χ3n) is 4.44. The lowest BCUT2D eigenvalue weighted by molar-refractivity contribution is -0.0498. The minimum Gasteiger partial charge on any atom is -0.464 e. The summed E-state index contributed by atoms with van der Waals surface area (Å²) in [7, 11) is 1.28. The normalized spacial score (nSPS) is 11.4. The van der Waals surface area contributed by atoms with E-state index in [-0.39, 0.29) is 11.4 Å². The molecular weight excluding hydrogens is 382 g/mol. The van der Waals surface area contributed by atoms with E-state index in [0.29, 0.717) is 22.6 Å². The van der Waals surface area contributed by atoms with Gasteiger partial charge in [0.1, 0.15) is 5.75 Å². The Morgan fingerprint density at radius 2 is 1.83 bits per heavy atom. The van der Waals surface area contributed by atoms with Gasteiger partial charge in [-0.1, -0.05) is 0 Å². The summed E-state index contributed by atoms with van der Waals surface area (Å²) >= 11 is 0. The Morgan fingerprint density at radius 1 is 1.10 bits per heavy atom. The zero-order valence-electron chi connectivity index (χ0n) is 15.8. The molecule has 0 fully saturated rings. The van der Waals surface area contributed by atoms with Crippen molar-refractivity contribution in [3.63, 3.8) is 0 Å². The largest absolute Gasteiger partial charge is 0.464 e. The fourth-order valence-electron chi connectivity index (χ4n) is 3.23. The van der Waals surface area contributed by atoms with Crippen LogP contribution in [-0.4, -0.2) is 39.3 Å². The van der Waals surface area contributed by atoms with Crippen molar-refractivity contribution in [2.24, 2.45) is 0 Å². The highest BCUT2D eigenvalue weighted by atomic mass is 19.3. The third kappa shape index (κ3) is 3.35. The summed E-state index contributed by atoms with van der Waals surface area (Å²) in [4.78, 5) is 21.5. The predicted molar refractivity (Wildman–Crippen MR) is 101 cm³/mol. The van der Waals surface area contributed by atoms with E-state index < -0.39 is 12.6 Å². The molecule has 7 nitrogen and oxygen atoms in total. The molecule has 0 spiro atoms. The number of hydrogen-bond donors (Lipinski definition) is 0. The van der Waals surface area contributed by atoms with Gasteiger partial charge in [-0.15, -0.1) is 5.10 Å². The van der Waals surface area contributed by atoms with Crippen LogP contribution < -0.4 is 4.74 Å². The van der Waals surface area contributed by atoms with Gasteiger partial charge in [-0.25, -0.2) is 19.3 Å². The lowest BCUT2D eigenvalue weighted by atomic mass is 10.1. The highest BCUT2D eigenvalue weighted by Gasteiger charge is 2.20. The smallest absolute Gasteiger partial charge is 0.387 e. The number of aryl methyl sites for hydroxylation is 2. The standard InChI is InChI=1S/C20H16F2N4O3/c1-10-8-11(2)23-17-16(10)18-24-14(9-15(19(27)28-3)26(18)25-17)12-4-6-13(7-5-12)29-20(21)22/h4-9,20H,1-3H3. The third-order valence-corrected chi connectivity index (χ3v) is 4.44. The monoisotopic (exact) mass is 398 g/mol. The second kappa shape index (κ2) is 7.08. The summed E-state index contributed by atoms with van der Waals surface area (Å²) in [6, 6.07) is 9.45. The van der Waals surface area contributed by atoms with Gasteiger partial charge >= 0.3 is 12.6 Å². The number of fused-ring (bicyclic) bond motifs is 3. The van der Waals surface area contributed by atoms with Crippen molar-refractivity contribution in [1.82, 2.24) is 19.6 Å². The highest BCUT2D eigenvalue weighted by molar-refractivity contribution is 5.97. The Hall–Kier alpha value is -3.62. The number of nitrogens with zero attached hydrogens (tertiary/aromatic N) is 4. The number of carbonyl (C=O) groups excluding carboxylic acids is 1. The van der Waals surface area contributed by atoms with Gasteiger partial charge in [-0.05, 0) is 55.8 Å². The first kappa shape index (κ1) is 18.7. The molecule has 0 saturated carbocycles. The highest BCUT2D eigenvalue weighted by Crippen LogP contribution is 2.28. The second-order valence-electron chi connectivity index (χ2n) is 6.44. The van der Waals surface area contributed by atoms with Gasteiger partial charge in [0, 0.05) is 11.3 Å². The molecule has 4 rings (SSSR count). The first-order chi connectivity index (χ1) is 13.9. The molecule has 0 N–H and O–H groups in total. The number of alkyl halides is 2. The maximum atomic E-state index is 12.4.